The van der Waals surface area contributed by atoms with E-state index < -0.39 is 24.5 Å². The monoisotopic (exact) mass is 280 g/mol. The first-order chi connectivity index (χ1) is 9.54. The highest BCUT2D eigenvalue weighted by atomic mass is 16.7. The van der Waals surface area contributed by atoms with E-state index in [2.05, 4.69) is 0 Å². The molecule has 0 bridgehead atoms. The predicted octanol–water partition coefficient (Wildman–Crippen LogP) is 1.60. The lowest BCUT2D eigenvalue weighted by Crippen LogP contribution is -2.54. The van der Waals surface area contributed by atoms with Crippen molar-refractivity contribution in [2.45, 2.75) is 38.4 Å². The molecule has 1 aliphatic heterocycles. The van der Waals surface area contributed by atoms with Crippen molar-refractivity contribution >= 4 is 5.97 Å². The molecule has 0 amide bonds. The smallest absolute Gasteiger partial charge is 0.338 e. The normalized spacial score (nSPS) is 33.7. The van der Waals surface area contributed by atoms with Crippen molar-refractivity contribution < 1.29 is 24.1 Å². The zero-order chi connectivity index (χ0) is 14.7. The Labute approximate surface area is 118 Å². The van der Waals surface area contributed by atoms with Crippen LogP contribution in [0.15, 0.2) is 30.3 Å². The van der Waals surface area contributed by atoms with Crippen LogP contribution in [-0.4, -0.2) is 42.8 Å². The molecule has 1 aromatic rings. The van der Waals surface area contributed by atoms with E-state index in [-0.39, 0.29) is 12.0 Å². The van der Waals surface area contributed by atoms with E-state index >= 15 is 0 Å². The second-order valence-corrected chi connectivity index (χ2v) is 5.03. The third kappa shape index (κ3) is 3.00. The second kappa shape index (κ2) is 6.35. The SMILES string of the molecule is COC1OC(C)C(OC(=O)c2ccccc2)C(C)C1O. The van der Waals surface area contributed by atoms with Gasteiger partial charge in [-0.2, -0.15) is 0 Å². The lowest BCUT2D eigenvalue weighted by molar-refractivity contribution is -0.270. The molecule has 2 rings (SSSR count). The number of benzene rings is 1. The molecule has 0 aliphatic carbocycles. The molecule has 0 aromatic heterocycles. The Balaban J connectivity index is 2.07. The van der Waals surface area contributed by atoms with Crippen molar-refractivity contribution in [3.8, 4) is 0 Å². The van der Waals surface area contributed by atoms with Gasteiger partial charge < -0.3 is 19.3 Å². The van der Waals surface area contributed by atoms with E-state index in [1.807, 2.05) is 13.0 Å². The molecule has 1 heterocycles. The molecule has 5 nitrogen and oxygen atoms in total. The van der Waals surface area contributed by atoms with Crippen LogP contribution < -0.4 is 0 Å². The van der Waals surface area contributed by atoms with Crippen molar-refractivity contribution in [2.75, 3.05) is 7.11 Å². The number of carbonyl (C=O) groups is 1. The topological polar surface area (TPSA) is 65.0 Å². The van der Waals surface area contributed by atoms with Gasteiger partial charge in [-0.05, 0) is 19.1 Å². The quantitative estimate of drug-likeness (QED) is 0.852. The average Bonchev–Trinajstić information content (AvgIpc) is 2.48. The lowest BCUT2D eigenvalue weighted by atomic mass is 9.91. The Morgan fingerprint density at radius 3 is 2.50 bits per heavy atom. The van der Waals surface area contributed by atoms with Gasteiger partial charge in [0.25, 0.3) is 0 Å². The standard InChI is InChI=1S/C15H20O5/c1-9-12(16)15(18-3)19-10(2)13(9)20-14(17)11-7-5-4-6-8-11/h4-10,12-13,15-16H,1-3H3. The second-order valence-electron chi connectivity index (χ2n) is 5.03. The fraction of sp³-hybridized carbons (Fsp3) is 0.533. The molecular weight excluding hydrogens is 260 g/mol. The van der Waals surface area contributed by atoms with Crippen molar-refractivity contribution in [2.24, 2.45) is 5.92 Å². The van der Waals surface area contributed by atoms with Crippen LogP contribution in [0, 0.1) is 5.92 Å². The van der Waals surface area contributed by atoms with Crippen LogP contribution in [0.1, 0.15) is 24.2 Å². The summed E-state index contributed by atoms with van der Waals surface area (Å²) in [5.41, 5.74) is 0.482. The highest BCUT2D eigenvalue weighted by molar-refractivity contribution is 5.89. The number of aliphatic hydroxyl groups excluding tert-OH is 1. The highest BCUT2D eigenvalue weighted by Crippen LogP contribution is 2.29. The summed E-state index contributed by atoms with van der Waals surface area (Å²) >= 11 is 0. The predicted molar refractivity (Wildman–Crippen MR) is 72.2 cm³/mol. The summed E-state index contributed by atoms with van der Waals surface area (Å²) in [6.45, 7) is 3.62. The molecule has 1 fully saturated rings. The molecule has 0 spiro atoms. The average molecular weight is 280 g/mol. The van der Waals surface area contributed by atoms with Crippen LogP contribution in [-0.2, 0) is 14.2 Å². The third-order valence-electron chi connectivity index (χ3n) is 3.63. The molecule has 1 aliphatic rings. The number of hydrogen-bond acceptors (Lipinski definition) is 5. The van der Waals surface area contributed by atoms with Gasteiger partial charge in [0, 0.05) is 13.0 Å². The number of esters is 1. The van der Waals surface area contributed by atoms with E-state index in [4.69, 9.17) is 14.2 Å². The van der Waals surface area contributed by atoms with E-state index in [1.165, 1.54) is 7.11 Å². The van der Waals surface area contributed by atoms with Crippen LogP contribution in [0.3, 0.4) is 0 Å². The fourth-order valence-electron chi connectivity index (χ4n) is 2.40. The zero-order valence-electron chi connectivity index (χ0n) is 11.9. The minimum absolute atomic E-state index is 0.267. The first-order valence-electron chi connectivity index (χ1n) is 6.67. The summed E-state index contributed by atoms with van der Waals surface area (Å²) in [6, 6.07) is 8.76. The molecule has 20 heavy (non-hydrogen) atoms. The molecule has 1 N–H and O–H groups in total. The Bertz CT molecular complexity index is 447. The summed E-state index contributed by atoms with van der Waals surface area (Å²) < 4.78 is 16.1. The van der Waals surface area contributed by atoms with Gasteiger partial charge in [-0.1, -0.05) is 25.1 Å². The first kappa shape index (κ1) is 15.0. The molecule has 0 saturated carbocycles. The zero-order valence-corrected chi connectivity index (χ0v) is 11.9. The van der Waals surface area contributed by atoms with E-state index in [9.17, 15) is 9.90 Å². The maximum atomic E-state index is 12.1. The Kier molecular flexibility index (Phi) is 4.75. The van der Waals surface area contributed by atoms with Crippen molar-refractivity contribution in [1.82, 2.24) is 0 Å². The van der Waals surface area contributed by atoms with Gasteiger partial charge in [0.1, 0.15) is 12.2 Å². The summed E-state index contributed by atoms with van der Waals surface area (Å²) in [7, 11) is 1.48. The van der Waals surface area contributed by atoms with Crippen LogP contribution in [0.4, 0.5) is 0 Å². The van der Waals surface area contributed by atoms with Gasteiger partial charge >= 0.3 is 5.97 Å². The number of ether oxygens (including phenoxy) is 3. The van der Waals surface area contributed by atoms with Crippen LogP contribution in [0.5, 0.6) is 0 Å². The number of methoxy groups -OCH3 is 1. The van der Waals surface area contributed by atoms with Gasteiger partial charge in [0.15, 0.2) is 6.29 Å². The summed E-state index contributed by atoms with van der Waals surface area (Å²) in [5.74, 6) is -0.683. The minimum Gasteiger partial charge on any atom is -0.456 e. The lowest BCUT2D eigenvalue weighted by Gasteiger charge is -2.41. The minimum atomic E-state index is -0.829. The number of rotatable bonds is 3. The molecule has 110 valence electrons. The van der Waals surface area contributed by atoms with Gasteiger partial charge in [-0.25, -0.2) is 4.79 Å². The highest BCUT2D eigenvalue weighted by Gasteiger charge is 2.43. The van der Waals surface area contributed by atoms with Crippen LogP contribution in [0.25, 0.3) is 0 Å². The molecular formula is C15H20O5. The maximum absolute atomic E-state index is 12.1. The Morgan fingerprint density at radius 1 is 1.25 bits per heavy atom. The van der Waals surface area contributed by atoms with Crippen molar-refractivity contribution in [3.63, 3.8) is 0 Å². The van der Waals surface area contributed by atoms with Gasteiger partial charge in [-0.15, -0.1) is 0 Å². The summed E-state index contributed by atoms with van der Waals surface area (Å²) in [4.78, 5) is 12.1. The number of aliphatic hydroxyl groups is 1. The first-order valence-corrected chi connectivity index (χ1v) is 6.67. The van der Waals surface area contributed by atoms with Crippen LogP contribution in [0.2, 0.25) is 0 Å². The maximum Gasteiger partial charge on any atom is 0.338 e. The molecule has 5 unspecified atom stereocenters. The molecule has 0 radical (unpaired) electrons. The number of hydrogen-bond donors (Lipinski definition) is 1. The fourth-order valence-corrected chi connectivity index (χ4v) is 2.40. The van der Waals surface area contributed by atoms with E-state index in [0.717, 1.165) is 0 Å². The van der Waals surface area contributed by atoms with E-state index in [1.54, 1.807) is 31.2 Å². The summed E-state index contributed by atoms with van der Waals surface area (Å²) in [5, 5.41) is 10.1. The van der Waals surface area contributed by atoms with Gasteiger partial charge in [0.05, 0.1) is 11.7 Å². The molecule has 1 saturated heterocycles. The van der Waals surface area contributed by atoms with Gasteiger partial charge in [0.2, 0.25) is 0 Å². The summed E-state index contributed by atoms with van der Waals surface area (Å²) in [6.07, 6.45) is -2.37. The molecule has 5 atom stereocenters. The van der Waals surface area contributed by atoms with Crippen molar-refractivity contribution in [1.29, 1.82) is 0 Å². The van der Waals surface area contributed by atoms with Crippen molar-refractivity contribution in [3.05, 3.63) is 35.9 Å². The van der Waals surface area contributed by atoms with E-state index in [0.29, 0.717) is 5.56 Å². The van der Waals surface area contributed by atoms with Gasteiger partial charge in [-0.3, -0.25) is 0 Å². The molecule has 1 aromatic carbocycles. The molecule has 5 heteroatoms. The Hall–Kier alpha value is -1.43. The number of carbonyl (C=O) groups excluding carboxylic acids is 1. The Morgan fingerprint density at radius 2 is 1.90 bits per heavy atom. The third-order valence-corrected chi connectivity index (χ3v) is 3.63. The van der Waals surface area contributed by atoms with Crippen LogP contribution >= 0.6 is 0 Å². The largest absolute Gasteiger partial charge is 0.456 e.